The van der Waals surface area contributed by atoms with Crippen molar-refractivity contribution >= 4 is 44.3 Å². The second kappa shape index (κ2) is 11.1. The minimum Gasteiger partial charge on any atom is -0.469 e. The van der Waals surface area contributed by atoms with Crippen molar-refractivity contribution in [2.24, 2.45) is 0 Å². The van der Waals surface area contributed by atoms with E-state index in [0.717, 1.165) is 20.7 Å². The van der Waals surface area contributed by atoms with Crippen LogP contribution >= 0.6 is 27.3 Å². The fourth-order valence-corrected chi connectivity index (χ4v) is 4.25. The second-order valence-electron chi connectivity index (χ2n) is 6.88. The Morgan fingerprint density at radius 3 is 2.55 bits per heavy atom. The standard InChI is InChI=1S/C23H24BrN3O3S/c1-3-25-22(29)17-10-8-16(9-11-17)13-27(14-18-6-4-5-7-20(18)24)23-26-19(15-31-23)12-21(28)30-2/h4-11,15H,3,12-14H2,1-2H3,(H,25,29). The molecule has 2 aromatic carbocycles. The van der Waals surface area contributed by atoms with E-state index in [1.165, 1.54) is 18.4 Å². The van der Waals surface area contributed by atoms with Gasteiger partial charge in [-0.15, -0.1) is 11.3 Å². The lowest BCUT2D eigenvalue weighted by Gasteiger charge is -2.23. The Kier molecular flexibility index (Phi) is 8.20. The van der Waals surface area contributed by atoms with Crippen LogP contribution in [0.15, 0.2) is 58.4 Å². The van der Waals surface area contributed by atoms with Crippen LogP contribution in [0.1, 0.15) is 34.1 Å². The lowest BCUT2D eigenvalue weighted by Crippen LogP contribution is -2.23. The summed E-state index contributed by atoms with van der Waals surface area (Å²) in [5, 5.41) is 5.52. The molecule has 0 atom stereocenters. The molecule has 0 aliphatic rings. The van der Waals surface area contributed by atoms with E-state index in [4.69, 9.17) is 4.74 Å². The second-order valence-corrected chi connectivity index (χ2v) is 8.57. The van der Waals surface area contributed by atoms with Gasteiger partial charge in [0.1, 0.15) is 0 Å². The molecule has 0 aliphatic carbocycles. The van der Waals surface area contributed by atoms with E-state index in [-0.39, 0.29) is 18.3 Å². The molecule has 8 heteroatoms. The summed E-state index contributed by atoms with van der Waals surface area (Å²) < 4.78 is 5.78. The number of carbonyl (C=O) groups excluding carboxylic acids is 2. The van der Waals surface area contributed by atoms with Gasteiger partial charge in [0.25, 0.3) is 5.91 Å². The molecule has 0 saturated heterocycles. The lowest BCUT2D eigenvalue weighted by atomic mass is 10.1. The van der Waals surface area contributed by atoms with Crippen LogP contribution in [0.5, 0.6) is 0 Å². The van der Waals surface area contributed by atoms with Gasteiger partial charge in [-0.2, -0.15) is 0 Å². The number of ether oxygens (including phenoxy) is 1. The first-order valence-corrected chi connectivity index (χ1v) is 11.5. The zero-order valence-corrected chi connectivity index (χ0v) is 19.8. The number of amides is 1. The Balaban J connectivity index is 1.83. The summed E-state index contributed by atoms with van der Waals surface area (Å²) in [5.41, 5.74) is 3.52. The minimum atomic E-state index is -0.310. The topological polar surface area (TPSA) is 71.5 Å². The third kappa shape index (κ3) is 6.38. The molecule has 0 radical (unpaired) electrons. The summed E-state index contributed by atoms with van der Waals surface area (Å²) in [4.78, 5) is 30.4. The van der Waals surface area contributed by atoms with Crippen LogP contribution in [-0.4, -0.2) is 30.5 Å². The first kappa shape index (κ1) is 23.0. The van der Waals surface area contributed by atoms with Gasteiger partial charge >= 0.3 is 5.97 Å². The first-order chi connectivity index (χ1) is 15.0. The number of carbonyl (C=O) groups is 2. The molecule has 1 heterocycles. The quantitative estimate of drug-likeness (QED) is 0.434. The molecule has 31 heavy (non-hydrogen) atoms. The summed E-state index contributed by atoms with van der Waals surface area (Å²) in [5.74, 6) is -0.387. The van der Waals surface area contributed by atoms with Gasteiger partial charge in [0.2, 0.25) is 0 Å². The number of nitrogens with one attached hydrogen (secondary N) is 1. The summed E-state index contributed by atoms with van der Waals surface area (Å²) in [6.07, 6.45) is 0.150. The molecule has 162 valence electrons. The SMILES string of the molecule is CCNC(=O)c1ccc(CN(Cc2ccccc2Br)c2nc(CC(=O)OC)cs2)cc1. The van der Waals surface area contributed by atoms with Crippen LogP contribution in [0.4, 0.5) is 5.13 Å². The van der Waals surface area contributed by atoms with Crippen LogP contribution in [0.2, 0.25) is 0 Å². The number of hydrogen-bond donors (Lipinski definition) is 1. The Hall–Kier alpha value is -2.71. The van der Waals surface area contributed by atoms with Crippen molar-refractivity contribution in [1.29, 1.82) is 0 Å². The van der Waals surface area contributed by atoms with Crippen LogP contribution in [-0.2, 0) is 29.0 Å². The number of thiazole rings is 1. The molecule has 1 amide bonds. The van der Waals surface area contributed by atoms with Gasteiger partial charge in [0.15, 0.2) is 5.13 Å². The number of benzene rings is 2. The van der Waals surface area contributed by atoms with Crippen molar-refractivity contribution in [3.8, 4) is 0 Å². The van der Waals surface area contributed by atoms with E-state index in [0.29, 0.717) is 30.9 Å². The lowest BCUT2D eigenvalue weighted by molar-refractivity contribution is -0.139. The summed E-state index contributed by atoms with van der Waals surface area (Å²) in [7, 11) is 1.37. The van der Waals surface area contributed by atoms with Crippen molar-refractivity contribution in [2.45, 2.75) is 26.4 Å². The van der Waals surface area contributed by atoms with Crippen LogP contribution in [0.3, 0.4) is 0 Å². The van der Waals surface area contributed by atoms with E-state index in [1.807, 2.05) is 54.8 Å². The normalized spacial score (nSPS) is 10.5. The zero-order valence-electron chi connectivity index (χ0n) is 17.4. The molecule has 0 unspecified atom stereocenters. The largest absolute Gasteiger partial charge is 0.469 e. The summed E-state index contributed by atoms with van der Waals surface area (Å²) in [6.45, 7) is 3.75. The van der Waals surface area contributed by atoms with Crippen molar-refractivity contribution in [2.75, 3.05) is 18.6 Å². The van der Waals surface area contributed by atoms with E-state index >= 15 is 0 Å². The van der Waals surface area contributed by atoms with Crippen molar-refractivity contribution in [3.63, 3.8) is 0 Å². The molecule has 0 spiro atoms. The molecule has 0 aliphatic heterocycles. The number of halogens is 1. The highest BCUT2D eigenvalue weighted by atomic mass is 79.9. The number of aromatic nitrogens is 1. The fourth-order valence-electron chi connectivity index (χ4n) is 3.01. The van der Waals surface area contributed by atoms with E-state index in [2.05, 4.69) is 37.2 Å². The van der Waals surface area contributed by atoms with Gasteiger partial charge in [-0.05, 0) is 36.2 Å². The molecule has 1 N–H and O–H groups in total. The first-order valence-electron chi connectivity index (χ1n) is 9.86. The molecule has 1 aromatic heterocycles. The number of nitrogens with zero attached hydrogens (tertiary/aromatic N) is 2. The number of esters is 1. The van der Waals surface area contributed by atoms with E-state index in [9.17, 15) is 9.59 Å². The summed E-state index contributed by atoms with van der Waals surface area (Å²) in [6, 6.07) is 15.7. The van der Waals surface area contributed by atoms with Crippen molar-refractivity contribution in [1.82, 2.24) is 10.3 Å². The maximum absolute atomic E-state index is 12.0. The van der Waals surface area contributed by atoms with Gasteiger partial charge in [-0.3, -0.25) is 9.59 Å². The molecule has 0 bridgehead atoms. The van der Waals surface area contributed by atoms with Crippen molar-refractivity contribution in [3.05, 3.63) is 80.8 Å². The average Bonchev–Trinajstić information content (AvgIpc) is 3.23. The number of methoxy groups -OCH3 is 1. The minimum absolute atomic E-state index is 0.0773. The van der Waals surface area contributed by atoms with E-state index < -0.39 is 0 Å². The van der Waals surface area contributed by atoms with Crippen molar-refractivity contribution < 1.29 is 14.3 Å². The van der Waals surface area contributed by atoms with E-state index in [1.54, 1.807) is 0 Å². The van der Waals surface area contributed by atoms with Gasteiger partial charge in [0.05, 0.1) is 19.2 Å². The van der Waals surface area contributed by atoms with Gasteiger partial charge < -0.3 is 15.0 Å². The maximum atomic E-state index is 12.0. The number of hydrogen-bond acceptors (Lipinski definition) is 6. The summed E-state index contributed by atoms with van der Waals surface area (Å²) >= 11 is 5.12. The van der Waals surface area contributed by atoms with Gasteiger partial charge in [0, 0.05) is 35.1 Å². The molecule has 3 rings (SSSR count). The highest BCUT2D eigenvalue weighted by molar-refractivity contribution is 9.10. The monoisotopic (exact) mass is 501 g/mol. The highest BCUT2D eigenvalue weighted by Crippen LogP contribution is 2.27. The highest BCUT2D eigenvalue weighted by Gasteiger charge is 2.16. The zero-order chi connectivity index (χ0) is 22.2. The van der Waals surface area contributed by atoms with Crippen LogP contribution in [0.25, 0.3) is 0 Å². The predicted molar refractivity (Wildman–Crippen MR) is 126 cm³/mol. The smallest absolute Gasteiger partial charge is 0.311 e. The molecule has 6 nitrogen and oxygen atoms in total. The average molecular weight is 502 g/mol. The molecular weight excluding hydrogens is 478 g/mol. The Bertz CT molecular complexity index is 1040. The molecular formula is C23H24BrN3O3S. The number of anilines is 1. The predicted octanol–water partition coefficient (Wildman–Crippen LogP) is 4.58. The molecule has 0 saturated carbocycles. The van der Waals surface area contributed by atoms with Crippen LogP contribution in [0, 0.1) is 0 Å². The molecule has 3 aromatic rings. The third-order valence-corrected chi connectivity index (χ3v) is 6.33. The fraction of sp³-hybridized carbons (Fsp3) is 0.261. The Morgan fingerprint density at radius 2 is 1.87 bits per heavy atom. The maximum Gasteiger partial charge on any atom is 0.311 e. The van der Waals surface area contributed by atoms with Gasteiger partial charge in [-0.25, -0.2) is 4.98 Å². The number of rotatable bonds is 9. The van der Waals surface area contributed by atoms with Crippen LogP contribution < -0.4 is 10.2 Å². The molecule has 0 fully saturated rings. The third-order valence-electron chi connectivity index (χ3n) is 4.61. The Morgan fingerprint density at radius 1 is 1.13 bits per heavy atom. The Labute approximate surface area is 194 Å². The van der Waals surface area contributed by atoms with Gasteiger partial charge in [-0.1, -0.05) is 46.3 Å².